The zero-order valence-electron chi connectivity index (χ0n) is 17.0. The number of hydrogen-bond donors (Lipinski definition) is 2. The largest absolute Gasteiger partial charge is 0.507 e. The van der Waals surface area contributed by atoms with Gasteiger partial charge in [0.05, 0.1) is 5.56 Å². The lowest BCUT2D eigenvalue weighted by atomic mass is 10.1. The highest BCUT2D eigenvalue weighted by molar-refractivity contribution is 7.94. The molecule has 166 valence electrons. The molecule has 2 aromatic carbocycles. The minimum atomic E-state index is -3.71. The smallest absolute Gasteiger partial charge is 0.271 e. The maximum Gasteiger partial charge on any atom is 0.271 e. The predicted octanol–water partition coefficient (Wildman–Crippen LogP) is 2.85. The first-order chi connectivity index (χ1) is 15.3. The minimum absolute atomic E-state index is 0.0715. The van der Waals surface area contributed by atoms with Crippen LogP contribution in [0.2, 0.25) is 0 Å². The number of piperazine rings is 1. The van der Waals surface area contributed by atoms with Crippen molar-refractivity contribution in [2.45, 2.75) is 4.21 Å². The Kier molecular flexibility index (Phi) is 6.15. The van der Waals surface area contributed by atoms with Gasteiger partial charge < -0.3 is 14.9 Å². The molecule has 32 heavy (non-hydrogen) atoms. The van der Waals surface area contributed by atoms with Crippen molar-refractivity contribution in [3.05, 3.63) is 77.2 Å². The Morgan fingerprint density at radius 3 is 2.22 bits per heavy atom. The van der Waals surface area contributed by atoms with Crippen molar-refractivity contribution in [2.24, 2.45) is 0 Å². The molecule has 0 spiro atoms. The SMILES string of the molecule is O=C(c1cccc(NS(=O)(=O)c2cccs2)c1)N1CCN(C(=O)c2ccccc2O)CC1. The van der Waals surface area contributed by atoms with Gasteiger partial charge in [-0.2, -0.15) is 0 Å². The number of phenolic OH excluding ortho intramolecular Hbond substituents is 1. The Bertz CT molecular complexity index is 1230. The molecule has 3 aromatic rings. The van der Waals surface area contributed by atoms with Crippen LogP contribution in [-0.2, 0) is 10.0 Å². The summed E-state index contributed by atoms with van der Waals surface area (Å²) in [6.07, 6.45) is 0. The van der Waals surface area contributed by atoms with Gasteiger partial charge in [0.2, 0.25) is 0 Å². The van der Waals surface area contributed by atoms with Crippen molar-refractivity contribution >= 4 is 38.9 Å². The standard InChI is InChI=1S/C22H21N3O5S2/c26-19-8-2-1-7-18(19)22(28)25-12-10-24(11-13-25)21(27)16-5-3-6-17(15-16)23-32(29,30)20-9-4-14-31-20/h1-9,14-15,23,26H,10-13H2. The van der Waals surface area contributed by atoms with Gasteiger partial charge in [0, 0.05) is 37.4 Å². The van der Waals surface area contributed by atoms with Crippen LogP contribution in [0.3, 0.4) is 0 Å². The van der Waals surface area contributed by atoms with Crippen LogP contribution in [0.25, 0.3) is 0 Å². The number of hydrogen-bond acceptors (Lipinski definition) is 6. The molecule has 2 N–H and O–H groups in total. The third kappa shape index (κ3) is 4.61. The first-order valence-corrected chi connectivity index (χ1v) is 12.2. The van der Waals surface area contributed by atoms with E-state index in [2.05, 4.69) is 4.72 Å². The Labute approximate surface area is 189 Å². The summed E-state index contributed by atoms with van der Waals surface area (Å²) in [7, 11) is -3.71. The number of carbonyl (C=O) groups is 2. The van der Waals surface area contributed by atoms with Crippen molar-refractivity contribution in [1.82, 2.24) is 9.80 Å². The molecule has 2 heterocycles. The van der Waals surface area contributed by atoms with Crippen molar-refractivity contribution in [3.63, 3.8) is 0 Å². The molecule has 0 atom stereocenters. The highest BCUT2D eigenvalue weighted by Crippen LogP contribution is 2.22. The Hall–Kier alpha value is -3.37. The molecule has 1 aliphatic rings. The number of amides is 2. The normalized spacial score (nSPS) is 14.2. The van der Waals surface area contributed by atoms with E-state index in [1.807, 2.05) is 0 Å². The van der Waals surface area contributed by atoms with Crippen LogP contribution in [0.15, 0.2) is 70.3 Å². The molecule has 10 heteroatoms. The van der Waals surface area contributed by atoms with Gasteiger partial charge in [-0.05, 0) is 41.8 Å². The molecule has 1 aromatic heterocycles. The van der Waals surface area contributed by atoms with Gasteiger partial charge in [0.15, 0.2) is 0 Å². The average molecular weight is 472 g/mol. The molecule has 8 nitrogen and oxygen atoms in total. The maximum absolute atomic E-state index is 13.0. The zero-order valence-corrected chi connectivity index (χ0v) is 18.6. The number of nitrogens with zero attached hydrogens (tertiary/aromatic N) is 2. The van der Waals surface area contributed by atoms with Crippen LogP contribution in [0.1, 0.15) is 20.7 Å². The van der Waals surface area contributed by atoms with Crippen molar-refractivity contribution in [1.29, 1.82) is 0 Å². The van der Waals surface area contributed by atoms with Crippen LogP contribution in [0.4, 0.5) is 5.69 Å². The molecule has 0 saturated carbocycles. The lowest BCUT2D eigenvalue weighted by Gasteiger charge is -2.35. The molecular weight excluding hydrogens is 450 g/mol. The zero-order chi connectivity index (χ0) is 22.7. The van der Waals surface area contributed by atoms with Crippen molar-refractivity contribution in [2.75, 3.05) is 30.9 Å². The van der Waals surface area contributed by atoms with E-state index in [0.29, 0.717) is 37.4 Å². The predicted molar refractivity (Wildman–Crippen MR) is 121 cm³/mol. The van der Waals surface area contributed by atoms with Gasteiger partial charge in [-0.1, -0.05) is 24.3 Å². The second-order valence-corrected chi connectivity index (χ2v) is 10.1. The van der Waals surface area contributed by atoms with E-state index < -0.39 is 10.0 Å². The fourth-order valence-electron chi connectivity index (χ4n) is 3.46. The van der Waals surface area contributed by atoms with Crippen LogP contribution < -0.4 is 4.72 Å². The Morgan fingerprint density at radius 2 is 1.56 bits per heavy atom. The lowest BCUT2D eigenvalue weighted by Crippen LogP contribution is -2.50. The van der Waals surface area contributed by atoms with E-state index in [1.54, 1.807) is 57.6 Å². The monoisotopic (exact) mass is 471 g/mol. The Morgan fingerprint density at radius 1 is 0.875 bits per heavy atom. The number of sulfonamides is 1. The number of rotatable bonds is 5. The topological polar surface area (TPSA) is 107 Å². The molecule has 2 amide bonds. The third-order valence-electron chi connectivity index (χ3n) is 5.11. The molecule has 1 saturated heterocycles. The highest BCUT2D eigenvalue weighted by Gasteiger charge is 2.27. The number of nitrogens with one attached hydrogen (secondary N) is 1. The number of thiophene rings is 1. The van der Waals surface area contributed by atoms with Crippen LogP contribution in [0.5, 0.6) is 5.75 Å². The molecular formula is C22H21N3O5S2. The first kappa shape index (κ1) is 21.8. The van der Waals surface area contributed by atoms with Gasteiger partial charge in [-0.25, -0.2) is 8.42 Å². The van der Waals surface area contributed by atoms with Gasteiger partial charge in [-0.3, -0.25) is 14.3 Å². The van der Waals surface area contributed by atoms with Crippen LogP contribution in [-0.4, -0.2) is 61.3 Å². The quantitative estimate of drug-likeness (QED) is 0.595. The first-order valence-electron chi connectivity index (χ1n) is 9.88. The number of benzene rings is 2. The van der Waals surface area contributed by atoms with Crippen molar-refractivity contribution in [3.8, 4) is 5.75 Å². The minimum Gasteiger partial charge on any atom is -0.507 e. The lowest BCUT2D eigenvalue weighted by molar-refractivity contribution is 0.0533. The molecule has 0 unspecified atom stereocenters. The Balaban J connectivity index is 1.41. The summed E-state index contributed by atoms with van der Waals surface area (Å²) in [5, 5.41) is 11.6. The fraction of sp³-hybridized carbons (Fsp3) is 0.182. The molecule has 4 rings (SSSR count). The van der Waals surface area contributed by atoms with E-state index in [0.717, 1.165) is 11.3 Å². The summed E-state index contributed by atoms with van der Waals surface area (Å²) in [6, 6.07) is 15.9. The van der Waals surface area contributed by atoms with E-state index in [1.165, 1.54) is 18.2 Å². The van der Waals surface area contributed by atoms with E-state index in [-0.39, 0.29) is 27.3 Å². The number of anilines is 1. The van der Waals surface area contributed by atoms with E-state index in [9.17, 15) is 23.1 Å². The number of aromatic hydroxyl groups is 1. The summed E-state index contributed by atoms with van der Waals surface area (Å²) >= 11 is 1.11. The summed E-state index contributed by atoms with van der Waals surface area (Å²) in [5.41, 5.74) is 0.896. The average Bonchev–Trinajstić information content (AvgIpc) is 3.35. The molecule has 0 radical (unpaired) electrons. The number of para-hydroxylation sites is 1. The summed E-state index contributed by atoms with van der Waals surface area (Å²) in [5.74, 6) is -0.588. The molecule has 1 aliphatic heterocycles. The number of carbonyl (C=O) groups excluding carboxylic acids is 2. The van der Waals surface area contributed by atoms with E-state index >= 15 is 0 Å². The van der Waals surface area contributed by atoms with E-state index in [4.69, 9.17) is 0 Å². The summed E-state index contributed by atoms with van der Waals surface area (Å²) < 4.78 is 27.6. The highest BCUT2D eigenvalue weighted by atomic mass is 32.2. The second kappa shape index (κ2) is 9.01. The molecule has 1 fully saturated rings. The van der Waals surface area contributed by atoms with Gasteiger partial charge in [0.25, 0.3) is 21.8 Å². The molecule has 0 aliphatic carbocycles. The summed E-state index contributed by atoms with van der Waals surface area (Å²) in [6.45, 7) is 1.35. The van der Waals surface area contributed by atoms with Gasteiger partial charge >= 0.3 is 0 Å². The van der Waals surface area contributed by atoms with Gasteiger partial charge in [-0.15, -0.1) is 11.3 Å². The third-order valence-corrected chi connectivity index (χ3v) is 7.89. The van der Waals surface area contributed by atoms with Gasteiger partial charge in [0.1, 0.15) is 9.96 Å². The molecule has 0 bridgehead atoms. The van der Waals surface area contributed by atoms with Crippen LogP contribution >= 0.6 is 11.3 Å². The van der Waals surface area contributed by atoms with Crippen LogP contribution in [0, 0.1) is 0 Å². The maximum atomic E-state index is 13.0. The van der Waals surface area contributed by atoms with Crippen molar-refractivity contribution < 1.29 is 23.1 Å². The number of phenols is 1. The second-order valence-electron chi connectivity index (χ2n) is 7.22. The summed E-state index contributed by atoms with van der Waals surface area (Å²) in [4.78, 5) is 28.8. The fourth-order valence-corrected chi connectivity index (χ4v) is 5.50.